The average molecular weight is 335 g/mol. The van der Waals surface area contributed by atoms with Gasteiger partial charge in [0.05, 0.1) is 0 Å². The van der Waals surface area contributed by atoms with E-state index in [1.165, 1.54) is 0 Å². The number of rotatable bonds is 6. The fourth-order valence-corrected chi connectivity index (χ4v) is 2.48. The molecule has 25 heavy (non-hydrogen) atoms. The standard InChI is InChI=1S/C20H21N3O2/c1-3-4-12-21-18(24)15-8-10-16(11-9-15)19-22-23-20(25-19)17-7-5-6-14(2)13-17/h5-11,13H,3-4,12H2,1-2H3,(H,21,24). The summed E-state index contributed by atoms with van der Waals surface area (Å²) in [6.45, 7) is 4.81. The van der Waals surface area contributed by atoms with E-state index in [1.807, 2.05) is 43.3 Å². The van der Waals surface area contributed by atoms with Gasteiger partial charge >= 0.3 is 0 Å². The molecule has 1 amide bonds. The molecule has 0 aliphatic rings. The number of carbonyl (C=O) groups is 1. The fraction of sp³-hybridized carbons (Fsp3) is 0.250. The maximum absolute atomic E-state index is 12.0. The van der Waals surface area contributed by atoms with Gasteiger partial charge in [0.2, 0.25) is 11.8 Å². The number of amides is 1. The Balaban J connectivity index is 1.74. The van der Waals surface area contributed by atoms with E-state index in [4.69, 9.17) is 4.42 Å². The Hall–Kier alpha value is -2.95. The highest BCUT2D eigenvalue weighted by molar-refractivity contribution is 5.94. The van der Waals surface area contributed by atoms with Crippen molar-refractivity contribution < 1.29 is 9.21 Å². The molecule has 128 valence electrons. The molecule has 1 N–H and O–H groups in total. The number of unbranched alkanes of at least 4 members (excludes halogenated alkanes) is 1. The highest BCUT2D eigenvalue weighted by Gasteiger charge is 2.11. The first kappa shape index (κ1) is 16.9. The van der Waals surface area contributed by atoms with Crippen LogP contribution in [0.4, 0.5) is 0 Å². The van der Waals surface area contributed by atoms with Crippen molar-refractivity contribution in [2.24, 2.45) is 0 Å². The van der Waals surface area contributed by atoms with E-state index < -0.39 is 0 Å². The molecule has 0 unspecified atom stereocenters. The van der Waals surface area contributed by atoms with Crippen molar-refractivity contribution in [3.8, 4) is 22.9 Å². The first-order valence-corrected chi connectivity index (χ1v) is 8.46. The molecule has 0 radical (unpaired) electrons. The molecule has 0 saturated heterocycles. The van der Waals surface area contributed by atoms with Gasteiger partial charge in [0.15, 0.2) is 0 Å². The Morgan fingerprint density at radius 2 is 1.76 bits per heavy atom. The number of aromatic nitrogens is 2. The van der Waals surface area contributed by atoms with E-state index in [9.17, 15) is 4.79 Å². The Bertz CT molecular complexity index is 853. The van der Waals surface area contributed by atoms with Crippen LogP contribution in [0.5, 0.6) is 0 Å². The Kier molecular flexibility index (Phi) is 5.23. The molecule has 0 bridgehead atoms. The smallest absolute Gasteiger partial charge is 0.251 e. The summed E-state index contributed by atoms with van der Waals surface area (Å²) in [5, 5.41) is 11.1. The topological polar surface area (TPSA) is 68.0 Å². The zero-order valence-corrected chi connectivity index (χ0v) is 14.5. The van der Waals surface area contributed by atoms with Gasteiger partial charge < -0.3 is 9.73 Å². The van der Waals surface area contributed by atoms with E-state index in [1.54, 1.807) is 12.1 Å². The van der Waals surface area contributed by atoms with Crippen LogP contribution in [0.15, 0.2) is 52.9 Å². The number of hydrogen-bond donors (Lipinski definition) is 1. The van der Waals surface area contributed by atoms with Crippen molar-refractivity contribution in [3.05, 3.63) is 59.7 Å². The summed E-state index contributed by atoms with van der Waals surface area (Å²) < 4.78 is 5.77. The summed E-state index contributed by atoms with van der Waals surface area (Å²) in [6.07, 6.45) is 2.03. The number of hydrogen-bond acceptors (Lipinski definition) is 4. The number of nitrogens with one attached hydrogen (secondary N) is 1. The molecule has 5 heteroatoms. The summed E-state index contributed by atoms with van der Waals surface area (Å²) in [4.78, 5) is 12.0. The fourth-order valence-electron chi connectivity index (χ4n) is 2.48. The summed E-state index contributed by atoms with van der Waals surface area (Å²) in [5.74, 6) is 0.862. The summed E-state index contributed by atoms with van der Waals surface area (Å²) >= 11 is 0. The first-order chi connectivity index (χ1) is 12.2. The second-order valence-electron chi connectivity index (χ2n) is 5.97. The summed E-state index contributed by atoms with van der Waals surface area (Å²) in [5.41, 5.74) is 3.44. The third kappa shape index (κ3) is 4.12. The van der Waals surface area contributed by atoms with Gasteiger partial charge in [0.1, 0.15) is 0 Å². The second-order valence-corrected chi connectivity index (χ2v) is 5.97. The van der Waals surface area contributed by atoms with Gasteiger partial charge in [-0.3, -0.25) is 4.79 Å². The van der Waals surface area contributed by atoms with Crippen molar-refractivity contribution in [1.82, 2.24) is 15.5 Å². The van der Waals surface area contributed by atoms with Crippen LogP contribution in [-0.2, 0) is 0 Å². The largest absolute Gasteiger partial charge is 0.416 e. The normalized spacial score (nSPS) is 10.6. The van der Waals surface area contributed by atoms with E-state index in [0.717, 1.165) is 29.5 Å². The number of nitrogens with zero attached hydrogens (tertiary/aromatic N) is 2. The van der Waals surface area contributed by atoms with Gasteiger partial charge in [-0.1, -0.05) is 31.0 Å². The van der Waals surface area contributed by atoms with E-state index in [0.29, 0.717) is 23.9 Å². The van der Waals surface area contributed by atoms with E-state index in [2.05, 4.69) is 22.4 Å². The van der Waals surface area contributed by atoms with Crippen LogP contribution in [0.1, 0.15) is 35.7 Å². The Labute approximate surface area is 147 Å². The molecule has 3 rings (SSSR count). The summed E-state index contributed by atoms with van der Waals surface area (Å²) in [7, 11) is 0. The molecular formula is C20H21N3O2. The minimum absolute atomic E-state index is 0.0639. The van der Waals surface area contributed by atoms with E-state index in [-0.39, 0.29) is 5.91 Å². The van der Waals surface area contributed by atoms with E-state index >= 15 is 0 Å². The molecule has 0 spiro atoms. The van der Waals surface area contributed by atoms with Crippen molar-refractivity contribution >= 4 is 5.91 Å². The van der Waals surface area contributed by atoms with Gasteiger partial charge in [0.25, 0.3) is 5.91 Å². The lowest BCUT2D eigenvalue weighted by molar-refractivity contribution is 0.0953. The molecular weight excluding hydrogens is 314 g/mol. The molecule has 0 aliphatic heterocycles. The van der Waals surface area contributed by atoms with Crippen LogP contribution in [0.3, 0.4) is 0 Å². The highest BCUT2D eigenvalue weighted by atomic mass is 16.4. The molecule has 3 aromatic rings. The van der Waals surface area contributed by atoms with Gasteiger partial charge in [0, 0.05) is 23.2 Å². The van der Waals surface area contributed by atoms with Gasteiger partial charge in [-0.05, 0) is 49.7 Å². The third-order valence-corrected chi connectivity index (χ3v) is 3.90. The molecule has 5 nitrogen and oxygen atoms in total. The lowest BCUT2D eigenvalue weighted by Gasteiger charge is -2.04. The molecule has 0 atom stereocenters. The Morgan fingerprint density at radius 3 is 2.44 bits per heavy atom. The zero-order chi connectivity index (χ0) is 17.6. The third-order valence-electron chi connectivity index (χ3n) is 3.90. The first-order valence-electron chi connectivity index (χ1n) is 8.46. The van der Waals surface area contributed by atoms with Crippen molar-refractivity contribution in [3.63, 3.8) is 0 Å². The summed E-state index contributed by atoms with van der Waals surface area (Å²) in [6, 6.07) is 15.1. The quantitative estimate of drug-likeness (QED) is 0.684. The minimum atomic E-state index is -0.0639. The molecule has 1 aromatic heterocycles. The maximum atomic E-state index is 12.0. The monoisotopic (exact) mass is 335 g/mol. The van der Waals surface area contributed by atoms with Crippen molar-refractivity contribution in [1.29, 1.82) is 0 Å². The number of aryl methyl sites for hydroxylation is 1. The van der Waals surface area contributed by atoms with Crippen LogP contribution in [0.25, 0.3) is 22.9 Å². The van der Waals surface area contributed by atoms with Crippen molar-refractivity contribution in [2.45, 2.75) is 26.7 Å². The lowest BCUT2D eigenvalue weighted by Crippen LogP contribution is -2.24. The van der Waals surface area contributed by atoms with Crippen LogP contribution >= 0.6 is 0 Å². The predicted octanol–water partition coefficient (Wildman–Crippen LogP) is 4.24. The van der Waals surface area contributed by atoms with Gasteiger partial charge in [-0.2, -0.15) is 0 Å². The van der Waals surface area contributed by atoms with Gasteiger partial charge in [-0.15, -0.1) is 10.2 Å². The zero-order valence-electron chi connectivity index (χ0n) is 14.5. The molecule has 0 saturated carbocycles. The van der Waals surface area contributed by atoms with Crippen LogP contribution in [0, 0.1) is 6.92 Å². The molecule has 2 aromatic carbocycles. The van der Waals surface area contributed by atoms with Crippen LogP contribution in [0.2, 0.25) is 0 Å². The number of benzene rings is 2. The molecule has 1 heterocycles. The van der Waals surface area contributed by atoms with Gasteiger partial charge in [-0.25, -0.2) is 0 Å². The predicted molar refractivity (Wildman–Crippen MR) is 97.1 cm³/mol. The van der Waals surface area contributed by atoms with Crippen LogP contribution in [-0.4, -0.2) is 22.6 Å². The second kappa shape index (κ2) is 7.75. The maximum Gasteiger partial charge on any atom is 0.251 e. The molecule has 0 fully saturated rings. The van der Waals surface area contributed by atoms with Crippen LogP contribution < -0.4 is 5.32 Å². The SMILES string of the molecule is CCCCNC(=O)c1ccc(-c2nnc(-c3cccc(C)c3)o2)cc1. The minimum Gasteiger partial charge on any atom is -0.416 e. The number of carbonyl (C=O) groups excluding carboxylic acids is 1. The lowest BCUT2D eigenvalue weighted by atomic mass is 10.1. The highest BCUT2D eigenvalue weighted by Crippen LogP contribution is 2.24. The Morgan fingerprint density at radius 1 is 1.04 bits per heavy atom. The van der Waals surface area contributed by atoms with Crippen molar-refractivity contribution in [2.75, 3.05) is 6.54 Å². The average Bonchev–Trinajstić information content (AvgIpc) is 3.12. The molecule has 0 aliphatic carbocycles.